The van der Waals surface area contributed by atoms with Crippen LogP contribution in [0.2, 0.25) is 0 Å². The van der Waals surface area contributed by atoms with Crippen molar-refractivity contribution in [3.63, 3.8) is 0 Å². The number of aryl methyl sites for hydroxylation is 1. The molecule has 3 aliphatic rings. The van der Waals surface area contributed by atoms with E-state index < -0.39 is 69.3 Å². The molecular weight excluding hydrogens is 941 g/mol. The van der Waals surface area contributed by atoms with E-state index in [0.717, 1.165) is 16.6 Å². The zero-order valence-corrected chi connectivity index (χ0v) is 41.6. The maximum Gasteiger partial charge on any atom is 0.347 e. The van der Waals surface area contributed by atoms with Crippen molar-refractivity contribution in [1.29, 1.82) is 0 Å². The van der Waals surface area contributed by atoms with Gasteiger partial charge in [-0.05, 0) is 48.9 Å². The van der Waals surface area contributed by atoms with Crippen LogP contribution in [0.1, 0.15) is 26.3 Å². The molecule has 2 heterocycles. The van der Waals surface area contributed by atoms with Crippen LogP contribution < -0.4 is 38.8 Å². The molecule has 0 saturated carbocycles. The topological polar surface area (TPSA) is 221 Å². The van der Waals surface area contributed by atoms with Gasteiger partial charge in [-0.2, -0.15) is 0 Å². The van der Waals surface area contributed by atoms with Crippen LogP contribution in [0, 0.1) is 6.92 Å². The number of nitrogens with zero attached hydrogens (tertiary/aromatic N) is 4. The maximum atomic E-state index is 13.5. The number of ether oxygens (including phenoxy) is 10. The number of hydrogen-bond donors (Lipinski definition) is 0. The van der Waals surface area contributed by atoms with Crippen LogP contribution in [0.3, 0.4) is 0 Å². The standard InChI is InChI=1S/C51H59N4O17/c1-32-9-14-41-46(21-32)63-19-20-64-47-24-40(51-38-12-10-36(52(5)6)22-44(38)72-45-23-37(53(7)8)11-13-39(45)51)43(65-28-50(61)71-31-68-35(4)58)25-42(47)55(27-49(60)70-30-67-34(3)57)16-18-62-17-15-54(41)26-48(59)69-29-66-33(2)56/h9-14,21-25H,15-20,26-31H2,1-8H3/q+1. The molecule has 0 saturated heterocycles. The van der Waals surface area contributed by atoms with E-state index in [9.17, 15) is 28.8 Å². The fraction of sp³-hybridized carbons (Fsp3) is 0.392. The predicted octanol–water partition coefficient (Wildman–Crippen LogP) is 4.28. The van der Waals surface area contributed by atoms with E-state index in [4.69, 9.17) is 51.8 Å². The molecule has 0 radical (unpaired) electrons. The summed E-state index contributed by atoms with van der Waals surface area (Å²) in [5.74, 6) is -2.84. The molecule has 0 fully saturated rings. The molecule has 1 aliphatic carbocycles. The van der Waals surface area contributed by atoms with E-state index in [1.807, 2.05) is 99.2 Å². The number of anilines is 3. The Balaban J connectivity index is 1.51. The lowest BCUT2D eigenvalue weighted by Crippen LogP contribution is -2.36. The number of carbonyl (C=O) groups excluding carboxylic acids is 6. The van der Waals surface area contributed by atoms with E-state index in [2.05, 4.69) is 0 Å². The molecule has 3 aromatic carbocycles. The molecule has 0 bridgehead atoms. The second kappa shape index (κ2) is 25.2. The van der Waals surface area contributed by atoms with E-state index in [1.165, 1.54) is 20.8 Å². The number of carbonyl (C=O) groups is 6. The molecule has 3 aromatic rings. The highest BCUT2D eigenvalue weighted by molar-refractivity contribution is 6.04. The smallest absolute Gasteiger partial charge is 0.347 e. The quantitative estimate of drug-likeness (QED) is 0.0470. The molecule has 384 valence electrons. The number of benzene rings is 4. The SMILES string of the molecule is CC(=O)OCOC(=O)COc1cc2c(cc1-c1c3ccc(=[N+](C)C)cc-3oc3cc(N(C)C)ccc13)OCCOc1cc(C)ccc1N(CC(=O)OCOC(C)=O)CCOCCN2CC(=O)OCOC(C)=O. The molecule has 0 amide bonds. The average Bonchev–Trinajstić information content (AvgIpc) is 3.32. The van der Waals surface area contributed by atoms with Crippen molar-refractivity contribution in [2.24, 2.45) is 0 Å². The molecule has 0 spiro atoms. The van der Waals surface area contributed by atoms with Gasteiger partial charge in [0, 0.05) is 93.9 Å². The van der Waals surface area contributed by atoms with Gasteiger partial charge in [-0.1, -0.05) is 6.07 Å². The van der Waals surface area contributed by atoms with Crippen molar-refractivity contribution in [3.8, 4) is 39.7 Å². The third-order valence-electron chi connectivity index (χ3n) is 10.9. The molecule has 2 aliphatic heterocycles. The first-order valence-corrected chi connectivity index (χ1v) is 22.8. The summed E-state index contributed by atoms with van der Waals surface area (Å²) in [5.41, 5.74) is 4.92. The van der Waals surface area contributed by atoms with Gasteiger partial charge in [-0.3, -0.25) is 24.0 Å². The minimum Gasteiger partial charge on any atom is -0.488 e. The van der Waals surface area contributed by atoms with Crippen LogP contribution in [-0.4, -0.2) is 144 Å². The van der Waals surface area contributed by atoms with Gasteiger partial charge in [0.05, 0.1) is 30.7 Å². The summed E-state index contributed by atoms with van der Waals surface area (Å²) < 4.78 is 64.2. The number of rotatable bonds is 15. The fourth-order valence-corrected chi connectivity index (χ4v) is 7.38. The lowest BCUT2D eigenvalue weighted by Gasteiger charge is -2.28. The summed E-state index contributed by atoms with van der Waals surface area (Å²) >= 11 is 0. The van der Waals surface area contributed by atoms with Gasteiger partial charge >= 0.3 is 35.8 Å². The van der Waals surface area contributed by atoms with Gasteiger partial charge in [0.25, 0.3) is 0 Å². The third-order valence-corrected chi connectivity index (χ3v) is 10.9. The second-order valence-electron chi connectivity index (χ2n) is 16.7. The molecule has 0 N–H and O–H groups in total. The monoisotopic (exact) mass is 999 g/mol. The molecule has 6 rings (SSSR count). The van der Waals surface area contributed by atoms with E-state index in [1.54, 1.807) is 21.9 Å². The van der Waals surface area contributed by atoms with Crippen molar-refractivity contribution in [2.75, 3.05) is 122 Å². The minimum atomic E-state index is -0.850. The Bertz CT molecular complexity index is 2820. The highest BCUT2D eigenvalue weighted by Crippen LogP contribution is 2.48. The predicted molar refractivity (Wildman–Crippen MR) is 261 cm³/mol. The van der Waals surface area contributed by atoms with E-state index >= 15 is 0 Å². The lowest BCUT2D eigenvalue weighted by atomic mass is 9.92. The number of hydrogen-bond acceptors (Lipinski definition) is 20. The first-order chi connectivity index (χ1) is 34.5. The summed E-state index contributed by atoms with van der Waals surface area (Å²) in [7, 11) is 7.67. The van der Waals surface area contributed by atoms with Gasteiger partial charge in [0.2, 0.25) is 25.7 Å². The van der Waals surface area contributed by atoms with Gasteiger partial charge in [0.1, 0.15) is 69.0 Å². The van der Waals surface area contributed by atoms with Crippen molar-refractivity contribution >= 4 is 63.8 Å². The van der Waals surface area contributed by atoms with Gasteiger partial charge in [0.15, 0.2) is 6.61 Å². The normalized spacial score (nSPS) is 12.9. The minimum absolute atomic E-state index is 0.0109. The van der Waals surface area contributed by atoms with Crippen LogP contribution >= 0.6 is 0 Å². The van der Waals surface area contributed by atoms with Crippen molar-refractivity contribution in [2.45, 2.75) is 27.7 Å². The molecule has 21 nitrogen and oxygen atoms in total. The highest BCUT2D eigenvalue weighted by atomic mass is 16.7. The molecule has 21 heteroatoms. The van der Waals surface area contributed by atoms with Crippen LogP contribution in [0.5, 0.6) is 17.2 Å². The second-order valence-corrected chi connectivity index (χ2v) is 16.7. The Kier molecular flexibility index (Phi) is 18.6. The molecule has 0 unspecified atom stereocenters. The maximum absolute atomic E-state index is 13.5. The summed E-state index contributed by atoms with van der Waals surface area (Å²) in [6.07, 6.45) is 0. The van der Waals surface area contributed by atoms with Crippen LogP contribution in [0.4, 0.5) is 17.1 Å². The summed E-state index contributed by atoms with van der Waals surface area (Å²) in [5, 5.41) is 1.55. The Morgan fingerprint density at radius 3 is 1.79 bits per heavy atom. The number of fused-ring (bicyclic) bond motifs is 4. The molecule has 0 aromatic heterocycles. The first-order valence-electron chi connectivity index (χ1n) is 22.8. The Hall–Kier alpha value is -8.07. The van der Waals surface area contributed by atoms with Crippen molar-refractivity contribution in [1.82, 2.24) is 4.58 Å². The Morgan fingerprint density at radius 1 is 0.625 bits per heavy atom. The molecule has 0 atom stereocenters. The Morgan fingerprint density at radius 2 is 1.21 bits per heavy atom. The van der Waals surface area contributed by atoms with E-state index in [0.29, 0.717) is 50.5 Å². The largest absolute Gasteiger partial charge is 0.488 e. The zero-order chi connectivity index (χ0) is 51.9. The van der Waals surface area contributed by atoms with Gasteiger partial charge in [-0.25, -0.2) is 9.37 Å². The highest BCUT2D eigenvalue weighted by Gasteiger charge is 2.27. The third kappa shape index (κ3) is 14.7. The summed E-state index contributed by atoms with van der Waals surface area (Å²) in [6, 6.07) is 20.4. The van der Waals surface area contributed by atoms with Gasteiger partial charge in [-0.15, -0.1) is 0 Å². The fourth-order valence-electron chi connectivity index (χ4n) is 7.38. The first kappa shape index (κ1) is 53.3. The lowest BCUT2D eigenvalue weighted by molar-refractivity contribution is -0.168. The van der Waals surface area contributed by atoms with Crippen LogP contribution in [0.15, 0.2) is 71.1 Å². The summed E-state index contributed by atoms with van der Waals surface area (Å²) in [6.45, 7) is 2.56. The zero-order valence-electron chi connectivity index (χ0n) is 41.6. The average molecular weight is 1000 g/mol. The molecule has 72 heavy (non-hydrogen) atoms. The van der Waals surface area contributed by atoms with Crippen LogP contribution in [-0.2, 0) is 61.9 Å². The Labute approximate surface area is 415 Å². The van der Waals surface area contributed by atoms with Crippen LogP contribution in [0.25, 0.3) is 33.4 Å². The number of esters is 6. The van der Waals surface area contributed by atoms with Gasteiger partial charge < -0.3 is 66.5 Å². The van der Waals surface area contributed by atoms with E-state index in [-0.39, 0.29) is 57.6 Å². The van der Waals surface area contributed by atoms with Crippen molar-refractivity contribution < 1.29 is 80.6 Å². The summed E-state index contributed by atoms with van der Waals surface area (Å²) in [4.78, 5) is 79.3. The van der Waals surface area contributed by atoms with Crippen molar-refractivity contribution in [3.05, 3.63) is 77.7 Å². The molecular formula is C51H59N4O17+.